The average Bonchev–Trinajstić information content (AvgIpc) is 1.53. The van der Waals surface area contributed by atoms with E-state index in [1.807, 2.05) is 0 Å². The highest BCUT2D eigenvalue weighted by atomic mass is 31.2. The highest BCUT2D eigenvalue weighted by molar-refractivity contribution is 7.58. The Labute approximate surface area is 68.1 Å². The molecule has 11 heavy (non-hydrogen) atoms. The van der Waals surface area contributed by atoms with Gasteiger partial charge in [0.15, 0.2) is 0 Å². The maximum atomic E-state index is 11.3. The fraction of sp³-hybridized carbons (Fsp3) is 0.500. The van der Waals surface area contributed by atoms with Crippen molar-refractivity contribution in [2.45, 2.75) is 13.8 Å². The summed E-state index contributed by atoms with van der Waals surface area (Å²) in [5.41, 5.74) is 1.49. The van der Waals surface area contributed by atoms with Crippen LogP contribution in [0.15, 0.2) is 24.3 Å². The maximum Gasteiger partial charge on any atom is 0.208 e. The topological polar surface area (TPSA) is 37.3 Å². The van der Waals surface area contributed by atoms with E-state index >= 15 is 0 Å². The molecule has 0 amide bonds. The Balaban J connectivity index is 4.12. The first-order valence-electron chi connectivity index (χ1n) is 3.43. The molecule has 0 rings (SSSR count). The van der Waals surface area contributed by atoms with Gasteiger partial charge in [-0.1, -0.05) is 24.3 Å². The third-order valence-electron chi connectivity index (χ3n) is 1.03. The molecule has 0 aliphatic carbocycles. The zero-order valence-electron chi connectivity index (χ0n) is 7.13. The number of hydrogen-bond donors (Lipinski definition) is 1. The Morgan fingerprint density at radius 1 is 1.27 bits per heavy atom. The van der Waals surface area contributed by atoms with Crippen LogP contribution >= 0.6 is 7.37 Å². The van der Waals surface area contributed by atoms with Gasteiger partial charge in [-0.25, -0.2) is 0 Å². The van der Waals surface area contributed by atoms with Gasteiger partial charge in [-0.05, 0) is 13.8 Å². The maximum absolute atomic E-state index is 11.3. The second-order valence-electron chi connectivity index (χ2n) is 3.08. The van der Waals surface area contributed by atoms with Crippen molar-refractivity contribution in [2.24, 2.45) is 0 Å². The Bertz CT molecular complexity index is 198. The zero-order chi connectivity index (χ0) is 9.07. The monoisotopic (exact) mass is 174 g/mol. The van der Waals surface area contributed by atoms with Crippen LogP contribution in [-0.2, 0) is 4.57 Å². The lowest BCUT2D eigenvalue weighted by Crippen LogP contribution is -1.95. The molecule has 0 heterocycles. The summed E-state index contributed by atoms with van der Waals surface area (Å²) < 4.78 is 11.3. The van der Waals surface area contributed by atoms with Gasteiger partial charge in [0.2, 0.25) is 7.37 Å². The summed E-state index contributed by atoms with van der Waals surface area (Å²) in [6, 6.07) is 0. The number of allylic oxidation sites excluding steroid dienone is 2. The molecule has 0 aromatic rings. The van der Waals surface area contributed by atoms with E-state index in [-0.39, 0.29) is 12.3 Å². The Kier molecular flexibility index (Phi) is 3.77. The number of rotatable bonds is 4. The minimum absolute atomic E-state index is 0.208. The standard InChI is InChI=1S/C8H15O2P/c1-7(2)5-11(9,10)6-8(3)4/h1,3,5-6H2,2,4H3,(H,9,10). The lowest BCUT2D eigenvalue weighted by molar-refractivity contribution is 0.483. The predicted molar refractivity (Wildman–Crippen MR) is 49.2 cm³/mol. The van der Waals surface area contributed by atoms with Crippen molar-refractivity contribution in [1.29, 1.82) is 0 Å². The summed E-state index contributed by atoms with van der Waals surface area (Å²) in [6.45, 7) is 10.7. The predicted octanol–water partition coefficient (Wildman–Crippen LogP) is 2.41. The van der Waals surface area contributed by atoms with E-state index in [0.29, 0.717) is 0 Å². The fourth-order valence-electron chi connectivity index (χ4n) is 0.899. The summed E-state index contributed by atoms with van der Waals surface area (Å²) >= 11 is 0. The molecule has 0 bridgehead atoms. The van der Waals surface area contributed by atoms with Gasteiger partial charge >= 0.3 is 0 Å². The molecular weight excluding hydrogens is 159 g/mol. The molecule has 0 saturated heterocycles. The van der Waals surface area contributed by atoms with Crippen molar-refractivity contribution >= 4 is 7.37 Å². The van der Waals surface area contributed by atoms with Crippen molar-refractivity contribution in [2.75, 3.05) is 12.3 Å². The molecule has 0 unspecified atom stereocenters. The van der Waals surface area contributed by atoms with Gasteiger partial charge in [-0.3, -0.25) is 4.57 Å². The molecule has 3 heteroatoms. The molecular formula is C8H15O2P. The van der Waals surface area contributed by atoms with Crippen LogP contribution in [0.4, 0.5) is 0 Å². The highest BCUT2D eigenvalue weighted by Gasteiger charge is 2.17. The van der Waals surface area contributed by atoms with Crippen molar-refractivity contribution < 1.29 is 9.46 Å². The van der Waals surface area contributed by atoms with E-state index in [9.17, 15) is 9.46 Å². The van der Waals surface area contributed by atoms with Crippen LogP contribution in [0.2, 0.25) is 0 Å². The molecule has 0 radical (unpaired) electrons. The second kappa shape index (κ2) is 3.89. The van der Waals surface area contributed by atoms with Gasteiger partial charge in [-0.15, -0.1) is 0 Å². The highest BCUT2D eigenvalue weighted by Crippen LogP contribution is 2.43. The van der Waals surface area contributed by atoms with Crippen molar-refractivity contribution in [3.63, 3.8) is 0 Å². The quantitative estimate of drug-likeness (QED) is 0.525. The molecule has 0 spiro atoms. The summed E-state index contributed by atoms with van der Waals surface area (Å²) in [6.07, 6.45) is 0.416. The van der Waals surface area contributed by atoms with E-state index < -0.39 is 7.37 Å². The normalized spacial score (nSPS) is 11.2. The van der Waals surface area contributed by atoms with Gasteiger partial charge in [0.25, 0.3) is 0 Å². The van der Waals surface area contributed by atoms with E-state index in [4.69, 9.17) is 0 Å². The van der Waals surface area contributed by atoms with E-state index in [1.54, 1.807) is 13.8 Å². The third kappa shape index (κ3) is 6.08. The van der Waals surface area contributed by atoms with Crippen LogP contribution in [0, 0.1) is 0 Å². The lowest BCUT2D eigenvalue weighted by atomic mass is 10.4. The molecule has 64 valence electrons. The molecule has 0 saturated carbocycles. The van der Waals surface area contributed by atoms with Crippen molar-refractivity contribution in [3.05, 3.63) is 24.3 Å². The summed E-state index contributed by atoms with van der Waals surface area (Å²) in [4.78, 5) is 9.29. The van der Waals surface area contributed by atoms with Crippen molar-refractivity contribution in [3.8, 4) is 0 Å². The number of hydrogen-bond acceptors (Lipinski definition) is 1. The zero-order valence-corrected chi connectivity index (χ0v) is 8.03. The van der Waals surface area contributed by atoms with Crippen LogP contribution in [0.1, 0.15) is 13.8 Å². The van der Waals surface area contributed by atoms with E-state index in [2.05, 4.69) is 13.2 Å². The average molecular weight is 174 g/mol. The van der Waals surface area contributed by atoms with Crippen molar-refractivity contribution in [1.82, 2.24) is 0 Å². The van der Waals surface area contributed by atoms with Gasteiger partial charge in [0.05, 0.1) is 0 Å². The van der Waals surface area contributed by atoms with Crippen LogP contribution in [-0.4, -0.2) is 17.2 Å². The first kappa shape index (κ1) is 10.7. The molecule has 1 N–H and O–H groups in total. The molecule has 0 aromatic carbocycles. The van der Waals surface area contributed by atoms with Crippen LogP contribution in [0.25, 0.3) is 0 Å². The smallest absolute Gasteiger partial charge is 0.208 e. The molecule has 0 aliphatic heterocycles. The lowest BCUT2D eigenvalue weighted by Gasteiger charge is -2.10. The molecule has 0 fully saturated rings. The SMILES string of the molecule is C=C(C)CP(=O)(O)CC(=C)C. The largest absolute Gasteiger partial charge is 0.344 e. The van der Waals surface area contributed by atoms with Gasteiger partial charge < -0.3 is 4.89 Å². The summed E-state index contributed by atoms with van der Waals surface area (Å²) in [7, 11) is -3.00. The van der Waals surface area contributed by atoms with E-state index in [0.717, 1.165) is 11.1 Å². The van der Waals surface area contributed by atoms with E-state index in [1.165, 1.54) is 0 Å². The molecule has 0 aliphatic rings. The van der Waals surface area contributed by atoms with Crippen LogP contribution < -0.4 is 0 Å². The minimum Gasteiger partial charge on any atom is -0.344 e. The second-order valence-corrected chi connectivity index (χ2v) is 5.40. The summed E-state index contributed by atoms with van der Waals surface area (Å²) in [5.74, 6) is 0. The first-order chi connectivity index (χ1) is 4.83. The van der Waals surface area contributed by atoms with Gasteiger partial charge in [0, 0.05) is 12.3 Å². The summed E-state index contributed by atoms with van der Waals surface area (Å²) in [5, 5.41) is 0. The molecule has 0 aromatic heterocycles. The van der Waals surface area contributed by atoms with Gasteiger partial charge in [0.1, 0.15) is 0 Å². The molecule has 2 nitrogen and oxygen atoms in total. The third-order valence-corrected chi connectivity index (χ3v) is 3.10. The first-order valence-corrected chi connectivity index (χ1v) is 5.46. The minimum atomic E-state index is -3.00. The van der Waals surface area contributed by atoms with Gasteiger partial charge in [-0.2, -0.15) is 0 Å². The van der Waals surface area contributed by atoms with Crippen LogP contribution in [0.3, 0.4) is 0 Å². The molecule has 0 atom stereocenters. The Morgan fingerprint density at radius 3 is 1.73 bits per heavy atom. The Hall–Kier alpha value is -0.330. The van der Waals surface area contributed by atoms with Crippen LogP contribution in [0.5, 0.6) is 0 Å². The Morgan fingerprint density at radius 2 is 1.55 bits per heavy atom. The fourth-order valence-corrected chi connectivity index (χ4v) is 2.70.